The zero-order chi connectivity index (χ0) is 12.4. The smallest absolute Gasteiger partial charge is 0.0624 e. The normalized spacial score (nSPS) is 13.2. The lowest BCUT2D eigenvalue weighted by Gasteiger charge is -2.31. The highest BCUT2D eigenvalue weighted by molar-refractivity contribution is 5.92. The first-order chi connectivity index (χ1) is 8.15. The summed E-state index contributed by atoms with van der Waals surface area (Å²) in [7, 11) is 2.12. The van der Waals surface area contributed by atoms with Gasteiger partial charge in [-0.05, 0) is 12.0 Å². The van der Waals surface area contributed by atoms with Crippen LogP contribution in [-0.4, -0.2) is 24.6 Å². The molecule has 3 N–H and O–H groups in total. The van der Waals surface area contributed by atoms with E-state index in [-0.39, 0.29) is 0 Å². The lowest BCUT2D eigenvalue weighted by Crippen LogP contribution is -2.41. The Labute approximate surface area is 103 Å². The minimum atomic E-state index is 0.370. The average Bonchev–Trinajstić information content (AvgIpc) is 2.72. The summed E-state index contributed by atoms with van der Waals surface area (Å²) in [5, 5.41) is 1.26. The molecule has 0 aliphatic carbocycles. The summed E-state index contributed by atoms with van der Waals surface area (Å²) in [5.74, 6) is 0.540. The van der Waals surface area contributed by atoms with Crippen molar-refractivity contribution in [2.75, 3.05) is 18.5 Å². The maximum absolute atomic E-state index is 5.87. The molecule has 0 spiro atoms. The Balaban J connectivity index is 2.39. The number of aromatic nitrogens is 1. The summed E-state index contributed by atoms with van der Waals surface area (Å²) < 4.78 is 0. The Morgan fingerprint density at radius 2 is 2.00 bits per heavy atom. The van der Waals surface area contributed by atoms with Crippen LogP contribution < -0.4 is 10.6 Å². The Morgan fingerprint density at radius 1 is 1.29 bits per heavy atom. The molecule has 1 atom stereocenters. The summed E-state index contributed by atoms with van der Waals surface area (Å²) in [6, 6.07) is 8.73. The SMILES string of the molecule is CC(C)C(CN)N(C)c1c[nH]c2ccccc12. The second-order valence-corrected chi connectivity index (χ2v) is 4.88. The Kier molecular flexibility index (Phi) is 3.38. The fourth-order valence-corrected chi connectivity index (χ4v) is 2.40. The topological polar surface area (TPSA) is 45.0 Å². The van der Waals surface area contributed by atoms with Crippen molar-refractivity contribution in [2.24, 2.45) is 11.7 Å². The molecule has 1 aromatic heterocycles. The van der Waals surface area contributed by atoms with Crippen LogP contribution in [0.3, 0.4) is 0 Å². The van der Waals surface area contributed by atoms with Gasteiger partial charge in [0.2, 0.25) is 0 Å². The van der Waals surface area contributed by atoms with Crippen LogP contribution in [0.4, 0.5) is 5.69 Å². The number of fused-ring (bicyclic) bond motifs is 1. The van der Waals surface area contributed by atoms with Gasteiger partial charge in [-0.2, -0.15) is 0 Å². The lowest BCUT2D eigenvalue weighted by molar-refractivity contribution is 0.480. The fourth-order valence-electron chi connectivity index (χ4n) is 2.40. The molecule has 1 aromatic carbocycles. The number of H-pyrrole nitrogens is 1. The van der Waals surface area contributed by atoms with E-state index < -0.39 is 0 Å². The Hall–Kier alpha value is -1.48. The second kappa shape index (κ2) is 4.80. The summed E-state index contributed by atoms with van der Waals surface area (Å²) in [5.41, 5.74) is 8.27. The van der Waals surface area contributed by atoms with Crippen molar-refractivity contribution < 1.29 is 0 Å². The molecule has 3 heteroatoms. The summed E-state index contributed by atoms with van der Waals surface area (Å²) >= 11 is 0. The van der Waals surface area contributed by atoms with Crippen LogP contribution in [0.2, 0.25) is 0 Å². The van der Waals surface area contributed by atoms with Crippen LogP contribution >= 0.6 is 0 Å². The quantitative estimate of drug-likeness (QED) is 0.849. The van der Waals surface area contributed by atoms with Crippen LogP contribution in [0.5, 0.6) is 0 Å². The number of para-hydroxylation sites is 1. The summed E-state index contributed by atoms with van der Waals surface area (Å²) in [4.78, 5) is 5.59. The van der Waals surface area contributed by atoms with Crippen molar-refractivity contribution in [1.82, 2.24) is 4.98 Å². The van der Waals surface area contributed by atoms with Crippen molar-refractivity contribution in [1.29, 1.82) is 0 Å². The molecule has 0 aliphatic heterocycles. The number of hydrogen-bond donors (Lipinski definition) is 2. The first kappa shape index (κ1) is 12.0. The molecule has 1 heterocycles. The molecule has 92 valence electrons. The molecule has 17 heavy (non-hydrogen) atoms. The number of rotatable bonds is 4. The number of likely N-dealkylation sites (N-methyl/N-ethyl adjacent to an activating group) is 1. The molecular weight excluding hydrogens is 210 g/mol. The highest BCUT2D eigenvalue weighted by Gasteiger charge is 2.19. The fraction of sp³-hybridized carbons (Fsp3) is 0.429. The van der Waals surface area contributed by atoms with Crippen molar-refractivity contribution in [3.63, 3.8) is 0 Å². The standard InChI is InChI=1S/C14H21N3/c1-10(2)13(8-15)17(3)14-9-16-12-7-5-4-6-11(12)14/h4-7,9-10,13,16H,8,15H2,1-3H3. The van der Waals surface area contributed by atoms with E-state index >= 15 is 0 Å². The third kappa shape index (κ3) is 2.15. The van der Waals surface area contributed by atoms with E-state index in [1.807, 2.05) is 6.07 Å². The zero-order valence-corrected chi connectivity index (χ0v) is 10.8. The maximum Gasteiger partial charge on any atom is 0.0624 e. The van der Waals surface area contributed by atoms with E-state index in [0.29, 0.717) is 18.5 Å². The number of nitrogens with zero attached hydrogens (tertiary/aromatic N) is 1. The van der Waals surface area contributed by atoms with Gasteiger partial charge in [-0.15, -0.1) is 0 Å². The van der Waals surface area contributed by atoms with Gasteiger partial charge in [0.15, 0.2) is 0 Å². The van der Waals surface area contributed by atoms with Gasteiger partial charge in [0, 0.05) is 36.7 Å². The molecule has 0 aliphatic rings. The van der Waals surface area contributed by atoms with Gasteiger partial charge in [-0.1, -0.05) is 32.0 Å². The molecule has 2 rings (SSSR count). The molecule has 0 radical (unpaired) electrons. The van der Waals surface area contributed by atoms with E-state index in [1.165, 1.54) is 16.6 Å². The van der Waals surface area contributed by atoms with Crippen molar-refractivity contribution in [2.45, 2.75) is 19.9 Å². The van der Waals surface area contributed by atoms with Crippen molar-refractivity contribution in [3.8, 4) is 0 Å². The van der Waals surface area contributed by atoms with E-state index in [4.69, 9.17) is 5.73 Å². The number of aromatic amines is 1. The average molecular weight is 231 g/mol. The van der Waals surface area contributed by atoms with E-state index in [9.17, 15) is 0 Å². The molecular formula is C14H21N3. The van der Waals surface area contributed by atoms with Gasteiger partial charge in [-0.25, -0.2) is 0 Å². The first-order valence-electron chi connectivity index (χ1n) is 6.14. The van der Waals surface area contributed by atoms with Crippen molar-refractivity contribution in [3.05, 3.63) is 30.5 Å². The van der Waals surface area contributed by atoms with E-state index in [0.717, 1.165) is 0 Å². The highest BCUT2D eigenvalue weighted by atomic mass is 15.2. The van der Waals surface area contributed by atoms with E-state index in [2.05, 4.69) is 55.2 Å². The van der Waals surface area contributed by atoms with Crippen LogP contribution in [0.25, 0.3) is 10.9 Å². The third-order valence-electron chi connectivity index (χ3n) is 3.46. The predicted octanol–water partition coefficient (Wildman–Crippen LogP) is 2.59. The van der Waals surface area contributed by atoms with Gasteiger partial charge in [0.05, 0.1) is 5.69 Å². The molecule has 3 nitrogen and oxygen atoms in total. The first-order valence-corrected chi connectivity index (χ1v) is 6.14. The minimum absolute atomic E-state index is 0.370. The zero-order valence-electron chi connectivity index (χ0n) is 10.8. The maximum atomic E-state index is 5.87. The summed E-state index contributed by atoms with van der Waals surface area (Å²) in [6.45, 7) is 5.10. The van der Waals surface area contributed by atoms with Gasteiger partial charge < -0.3 is 15.6 Å². The number of anilines is 1. The minimum Gasteiger partial charge on any atom is -0.368 e. The number of hydrogen-bond acceptors (Lipinski definition) is 2. The van der Waals surface area contributed by atoms with Crippen LogP contribution in [0, 0.1) is 5.92 Å². The lowest BCUT2D eigenvalue weighted by atomic mass is 10.0. The van der Waals surface area contributed by atoms with Crippen LogP contribution in [0.1, 0.15) is 13.8 Å². The molecule has 0 amide bonds. The molecule has 0 bridgehead atoms. The molecule has 0 saturated carbocycles. The number of nitrogens with two attached hydrogens (primary N) is 1. The van der Waals surface area contributed by atoms with Gasteiger partial charge in [0.1, 0.15) is 0 Å². The third-order valence-corrected chi connectivity index (χ3v) is 3.46. The van der Waals surface area contributed by atoms with Crippen molar-refractivity contribution >= 4 is 16.6 Å². The van der Waals surface area contributed by atoms with Crippen LogP contribution in [0.15, 0.2) is 30.5 Å². The highest BCUT2D eigenvalue weighted by Crippen LogP contribution is 2.28. The second-order valence-electron chi connectivity index (χ2n) is 4.88. The molecule has 0 saturated heterocycles. The molecule has 1 unspecified atom stereocenters. The molecule has 2 aromatic rings. The number of nitrogens with one attached hydrogen (secondary N) is 1. The Morgan fingerprint density at radius 3 is 2.65 bits per heavy atom. The Bertz CT molecular complexity index is 487. The van der Waals surface area contributed by atoms with E-state index in [1.54, 1.807) is 0 Å². The van der Waals surface area contributed by atoms with Crippen LogP contribution in [-0.2, 0) is 0 Å². The summed E-state index contributed by atoms with van der Waals surface area (Å²) in [6.07, 6.45) is 2.07. The van der Waals surface area contributed by atoms with Gasteiger partial charge in [-0.3, -0.25) is 0 Å². The molecule has 0 fully saturated rings. The predicted molar refractivity (Wildman–Crippen MR) is 74.4 cm³/mol. The van der Waals surface area contributed by atoms with Gasteiger partial charge in [0.25, 0.3) is 0 Å². The largest absolute Gasteiger partial charge is 0.368 e. The number of benzene rings is 1. The monoisotopic (exact) mass is 231 g/mol. The van der Waals surface area contributed by atoms with Gasteiger partial charge >= 0.3 is 0 Å².